The monoisotopic (exact) mass is 600 g/mol. The molecule has 212 valence electrons. The van der Waals surface area contributed by atoms with Gasteiger partial charge in [0.05, 0.1) is 18.8 Å². The lowest BCUT2D eigenvalue weighted by atomic mass is 9.84. The van der Waals surface area contributed by atoms with E-state index in [0.717, 1.165) is 48.4 Å². The number of nitrogens with one attached hydrogen (secondary N) is 1. The number of pyridine rings is 1. The summed E-state index contributed by atoms with van der Waals surface area (Å²) >= 11 is 0. The fraction of sp³-hybridized carbons (Fsp3) is 0.533. The van der Waals surface area contributed by atoms with Gasteiger partial charge in [-0.1, -0.05) is 26.8 Å². The van der Waals surface area contributed by atoms with Gasteiger partial charge in [0, 0.05) is 54.4 Å². The van der Waals surface area contributed by atoms with Crippen molar-refractivity contribution in [2.45, 2.75) is 78.2 Å². The Balaban J connectivity index is 0.00000420. The average molecular weight is 602 g/mol. The molecule has 0 bridgehead atoms. The van der Waals surface area contributed by atoms with Crippen molar-refractivity contribution in [1.82, 2.24) is 9.88 Å². The third kappa shape index (κ3) is 6.99. The molecule has 1 fully saturated rings. The lowest BCUT2D eigenvalue weighted by Gasteiger charge is -2.31. The van der Waals surface area contributed by atoms with Crippen molar-refractivity contribution in [3.8, 4) is 5.75 Å². The number of nitrogens with zero attached hydrogens (tertiary/aromatic N) is 3. The molecule has 0 amide bonds. The molecule has 2 N–H and O–H groups in total. The van der Waals surface area contributed by atoms with Crippen LogP contribution in [0.4, 0.5) is 5.69 Å². The second kappa shape index (κ2) is 12.5. The highest BCUT2D eigenvalue weighted by Crippen LogP contribution is 2.41. The number of carbonyl (C=O) groups excluding carboxylic acids is 1. The molecule has 1 aliphatic heterocycles. The number of halogens is 1. The lowest BCUT2D eigenvalue weighted by Crippen LogP contribution is -2.31. The van der Waals surface area contributed by atoms with Gasteiger partial charge in [0.15, 0.2) is 5.78 Å². The minimum atomic E-state index is -0.844. The van der Waals surface area contributed by atoms with Crippen LogP contribution in [-0.2, 0) is 16.8 Å². The number of Topliss-reactive ketones (excluding diaryl/α,β-unsaturated/α-hetero) is 1. The van der Waals surface area contributed by atoms with Crippen molar-refractivity contribution in [3.63, 3.8) is 0 Å². The summed E-state index contributed by atoms with van der Waals surface area (Å²) in [6.45, 7) is 12.8. The summed E-state index contributed by atoms with van der Waals surface area (Å²) < 4.78 is 6.22. The topological polar surface area (TPSA) is 107 Å². The molecule has 2 heterocycles. The number of rotatable bonds is 12. The molecule has 2 aromatic rings. The number of benzene rings is 1. The van der Waals surface area contributed by atoms with Crippen LogP contribution in [0.1, 0.15) is 99.1 Å². The number of aromatic nitrogens is 1. The number of carboxylic acid groups (broad SMARTS) is 1. The second-order valence-corrected chi connectivity index (χ2v) is 11.3. The van der Waals surface area contributed by atoms with E-state index in [2.05, 4.69) is 51.7 Å². The van der Waals surface area contributed by atoms with Gasteiger partial charge in [-0.2, -0.15) is 0 Å². The van der Waals surface area contributed by atoms with Gasteiger partial charge < -0.3 is 19.6 Å². The molecule has 0 atom stereocenters. The van der Waals surface area contributed by atoms with Gasteiger partial charge in [0.25, 0.3) is 0 Å². The van der Waals surface area contributed by atoms with Crippen molar-refractivity contribution in [3.05, 3.63) is 52.3 Å². The highest BCUT2D eigenvalue weighted by molar-refractivity contribution is 8.93. The summed E-state index contributed by atoms with van der Waals surface area (Å²) in [5, 5.41) is 17.7. The number of ether oxygens (including phenoxy) is 1. The maximum Gasteiger partial charge on any atom is 0.303 e. The van der Waals surface area contributed by atoms with Gasteiger partial charge in [-0.15, -0.1) is 17.0 Å². The Labute approximate surface area is 242 Å². The summed E-state index contributed by atoms with van der Waals surface area (Å²) in [7, 11) is 0. The molecule has 2 aliphatic rings. The van der Waals surface area contributed by atoms with Crippen LogP contribution >= 0.6 is 17.0 Å². The molecule has 8 nitrogen and oxygen atoms in total. The second-order valence-electron chi connectivity index (χ2n) is 11.3. The number of aliphatic carboxylic acids is 1. The van der Waals surface area contributed by atoms with Gasteiger partial charge in [0.2, 0.25) is 0 Å². The van der Waals surface area contributed by atoms with E-state index in [4.69, 9.17) is 20.2 Å². The SMILES string of the molecule is Br.CCN(CC)c1cc(C(=O)CN2Cc3ccc(C4CC4)nc3C2=N)cc(C(C)(C)C)c1OCCCC(=O)O. The number of hydrogen-bond donors (Lipinski definition) is 2. The molecular weight excluding hydrogens is 560 g/mol. The van der Waals surface area contributed by atoms with Crippen LogP contribution in [0, 0.1) is 5.41 Å². The number of carboxylic acids is 1. The van der Waals surface area contributed by atoms with Crippen molar-refractivity contribution >= 4 is 40.3 Å². The Hall–Kier alpha value is -2.94. The largest absolute Gasteiger partial charge is 0.491 e. The standard InChI is InChI=1S/C30H40N4O4.BrH/c1-6-33(7-2)24-16-21(15-22(30(3,4)5)28(24)38-14-8-9-26(36)37)25(35)18-34-17-20-12-13-23(19-10-11-19)32-27(20)29(34)31;/h12-13,15-16,19,31H,6-11,14,17-18H2,1-5H3,(H,36,37);1H. The quantitative estimate of drug-likeness (QED) is 0.229. The van der Waals surface area contributed by atoms with Crippen molar-refractivity contribution in [2.24, 2.45) is 0 Å². The first-order valence-corrected chi connectivity index (χ1v) is 13.7. The molecule has 1 aromatic heterocycles. The van der Waals surface area contributed by atoms with Crippen LogP contribution in [-0.4, -0.2) is 58.8 Å². The number of fused-ring (bicyclic) bond motifs is 1. The van der Waals surface area contributed by atoms with Gasteiger partial charge >= 0.3 is 5.97 Å². The van der Waals surface area contributed by atoms with Gasteiger partial charge in [-0.25, -0.2) is 4.98 Å². The predicted molar refractivity (Wildman–Crippen MR) is 159 cm³/mol. The molecule has 0 spiro atoms. The van der Waals surface area contributed by atoms with Crippen molar-refractivity contribution in [2.75, 3.05) is 31.1 Å². The number of hydrogen-bond acceptors (Lipinski definition) is 6. The highest BCUT2D eigenvalue weighted by atomic mass is 79.9. The first-order chi connectivity index (χ1) is 18.0. The molecule has 0 saturated heterocycles. The third-order valence-electron chi connectivity index (χ3n) is 7.32. The molecule has 4 rings (SSSR count). The van der Waals surface area contributed by atoms with Gasteiger partial charge in [0.1, 0.15) is 17.3 Å². The molecule has 1 saturated carbocycles. The zero-order valence-electron chi connectivity index (χ0n) is 23.7. The predicted octanol–water partition coefficient (Wildman–Crippen LogP) is 5.95. The maximum atomic E-state index is 13.7. The fourth-order valence-electron chi connectivity index (χ4n) is 4.96. The fourth-order valence-corrected chi connectivity index (χ4v) is 4.96. The summed E-state index contributed by atoms with van der Waals surface area (Å²) in [4.78, 5) is 33.4. The molecule has 9 heteroatoms. The number of carbonyl (C=O) groups is 2. The van der Waals surface area contributed by atoms with Gasteiger partial charge in [-0.05, 0) is 56.7 Å². The summed E-state index contributed by atoms with van der Waals surface area (Å²) in [6.07, 6.45) is 2.77. The number of ketones is 1. The molecule has 1 aromatic carbocycles. The summed E-state index contributed by atoms with van der Waals surface area (Å²) in [6, 6.07) is 7.93. The van der Waals surface area contributed by atoms with Crippen LogP contribution in [0.2, 0.25) is 0 Å². The van der Waals surface area contributed by atoms with Crippen LogP contribution in [0.5, 0.6) is 5.75 Å². The molecule has 39 heavy (non-hydrogen) atoms. The Morgan fingerprint density at radius 2 is 1.87 bits per heavy atom. The zero-order chi connectivity index (χ0) is 27.6. The minimum Gasteiger partial charge on any atom is -0.491 e. The van der Waals surface area contributed by atoms with Crippen molar-refractivity contribution in [1.29, 1.82) is 5.41 Å². The minimum absolute atomic E-state index is 0. The molecule has 0 radical (unpaired) electrons. The number of amidine groups is 1. The van der Waals surface area contributed by atoms with Crippen LogP contribution < -0.4 is 9.64 Å². The first-order valence-electron chi connectivity index (χ1n) is 13.7. The Bertz CT molecular complexity index is 1230. The molecule has 1 aliphatic carbocycles. The number of anilines is 1. The van der Waals surface area contributed by atoms with Crippen molar-refractivity contribution < 1.29 is 19.4 Å². The van der Waals surface area contributed by atoms with E-state index in [0.29, 0.717) is 41.7 Å². The Morgan fingerprint density at radius 3 is 2.46 bits per heavy atom. The highest BCUT2D eigenvalue weighted by Gasteiger charge is 2.32. The zero-order valence-corrected chi connectivity index (χ0v) is 25.4. The average Bonchev–Trinajstić information content (AvgIpc) is 3.67. The van der Waals surface area contributed by atoms with E-state index in [1.54, 1.807) is 4.90 Å². The van der Waals surface area contributed by atoms with E-state index in [1.807, 2.05) is 12.1 Å². The van der Waals surface area contributed by atoms with E-state index < -0.39 is 5.97 Å². The third-order valence-corrected chi connectivity index (χ3v) is 7.32. The van der Waals surface area contributed by atoms with Crippen LogP contribution in [0.15, 0.2) is 24.3 Å². The lowest BCUT2D eigenvalue weighted by molar-refractivity contribution is -0.137. The van der Waals surface area contributed by atoms with Gasteiger partial charge in [-0.3, -0.25) is 15.0 Å². The normalized spacial score (nSPS) is 14.6. The Kier molecular flexibility index (Phi) is 9.80. The smallest absolute Gasteiger partial charge is 0.303 e. The molecular formula is C30H41BrN4O4. The van der Waals surface area contributed by atoms with E-state index in [9.17, 15) is 9.59 Å². The summed E-state index contributed by atoms with van der Waals surface area (Å²) in [5.41, 5.74) is 4.79. The van der Waals surface area contributed by atoms with Crippen LogP contribution in [0.25, 0.3) is 0 Å². The Morgan fingerprint density at radius 1 is 1.18 bits per heavy atom. The van der Waals surface area contributed by atoms with E-state index in [1.165, 1.54) is 0 Å². The maximum absolute atomic E-state index is 13.7. The van der Waals surface area contributed by atoms with E-state index >= 15 is 0 Å². The molecule has 0 unspecified atom stereocenters. The van der Waals surface area contributed by atoms with E-state index in [-0.39, 0.29) is 47.8 Å². The summed E-state index contributed by atoms with van der Waals surface area (Å²) in [5.74, 6) is 0.642. The van der Waals surface area contributed by atoms with Crippen LogP contribution in [0.3, 0.4) is 0 Å². The first kappa shape index (κ1) is 30.6.